The van der Waals surface area contributed by atoms with E-state index >= 15 is 0 Å². The third kappa shape index (κ3) is 2.97. The monoisotopic (exact) mass is 309 g/mol. The molecule has 0 saturated heterocycles. The molecule has 1 aromatic carbocycles. The van der Waals surface area contributed by atoms with E-state index in [4.69, 9.17) is 12.2 Å². The Morgan fingerprint density at radius 1 is 1.38 bits per heavy atom. The first-order chi connectivity index (χ1) is 10.0. The van der Waals surface area contributed by atoms with Crippen molar-refractivity contribution in [2.24, 2.45) is 11.8 Å². The molecule has 0 aliphatic heterocycles. The first-order valence-electron chi connectivity index (χ1n) is 7.04. The third-order valence-corrected chi connectivity index (χ3v) is 4.68. The number of halogens is 1. The molecule has 3 atom stereocenters. The fourth-order valence-corrected chi connectivity index (χ4v) is 3.73. The molecule has 0 heterocycles. The number of hydrogen-bond acceptors (Lipinski definition) is 3. The van der Waals surface area contributed by atoms with Crippen LogP contribution in [0.15, 0.2) is 18.2 Å². The first-order valence-corrected chi connectivity index (χ1v) is 7.45. The van der Waals surface area contributed by atoms with Crippen molar-refractivity contribution in [3.8, 4) is 0 Å². The van der Waals surface area contributed by atoms with Crippen LogP contribution in [0.4, 0.5) is 15.8 Å². The number of fused-ring (bicyclic) bond motifs is 2. The summed E-state index contributed by atoms with van der Waals surface area (Å²) < 4.78 is 13.7. The molecule has 5 nitrogen and oxygen atoms in total. The number of rotatable bonds is 3. The van der Waals surface area contributed by atoms with Gasteiger partial charge in [-0.05, 0) is 49.4 Å². The molecular formula is C14H16FN3O2S. The van der Waals surface area contributed by atoms with Crippen LogP contribution in [-0.4, -0.2) is 16.1 Å². The molecule has 2 fully saturated rings. The van der Waals surface area contributed by atoms with E-state index in [-0.39, 0.29) is 11.4 Å². The van der Waals surface area contributed by atoms with Crippen LogP contribution in [0.2, 0.25) is 0 Å². The van der Waals surface area contributed by atoms with Crippen molar-refractivity contribution in [2.45, 2.75) is 31.7 Å². The number of nitrogens with one attached hydrogen (secondary N) is 2. The van der Waals surface area contributed by atoms with Crippen molar-refractivity contribution in [3.63, 3.8) is 0 Å². The van der Waals surface area contributed by atoms with Crippen molar-refractivity contribution in [1.82, 2.24) is 5.32 Å². The Labute approximate surface area is 127 Å². The van der Waals surface area contributed by atoms with Crippen molar-refractivity contribution in [3.05, 3.63) is 34.1 Å². The van der Waals surface area contributed by atoms with Crippen LogP contribution in [0.5, 0.6) is 0 Å². The van der Waals surface area contributed by atoms with Gasteiger partial charge in [0.25, 0.3) is 5.69 Å². The number of nitro groups is 1. The number of thiocarbonyl (C=S) groups is 1. The maximum absolute atomic E-state index is 13.7. The maximum Gasteiger partial charge on any atom is 0.271 e. The van der Waals surface area contributed by atoms with E-state index < -0.39 is 10.7 Å². The van der Waals surface area contributed by atoms with Gasteiger partial charge in [-0.1, -0.05) is 6.42 Å². The second-order valence-electron chi connectivity index (χ2n) is 5.80. The lowest BCUT2D eigenvalue weighted by atomic mass is 9.96. The Kier molecular flexibility index (Phi) is 3.75. The lowest BCUT2D eigenvalue weighted by molar-refractivity contribution is -0.384. The highest BCUT2D eigenvalue weighted by Gasteiger charge is 2.39. The summed E-state index contributed by atoms with van der Waals surface area (Å²) in [5.74, 6) is 0.868. The number of benzene rings is 1. The minimum Gasteiger partial charge on any atom is -0.359 e. The average Bonchev–Trinajstić information content (AvgIpc) is 3.03. The molecule has 3 rings (SSSR count). The Morgan fingerprint density at radius 3 is 2.81 bits per heavy atom. The zero-order valence-corrected chi connectivity index (χ0v) is 12.2. The van der Waals surface area contributed by atoms with Crippen LogP contribution >= 0.6 is 12.2 Å². The van der Waals surface area contributed by atoms with E-state index in [1.54, 1.807) is 0 Å². The third-order valence-electron chi connectivity index (χ3n) is 4.46. The van der Waals surface area contributed by atoms with Crippen LogP contribution in [0.1, 0.15) is 25.7 Å². The predicted octanol–water partition coefficient (Wildman–Crippen LogP) is 3.21. The van der Waals surface area contributed by atoms with Crippen molar-refractivity contribution < 1.29 is 9.31 Å². The number of nitro benzene ring substituents is 1. The minimum atomic E-state index is -0.559. The topological polar surface area (TPSA) is 67.2 Å². The lowest BCUT2D eigenvalue weighted by Crippen LogP contribution is -2.40. The SMILES string of the molecule is O=[N+]([O-])c1ccc(F)c(NC(=S)N[C@@H]2C[C@@H]3CC[C@H]2C3)c1. The molecule has 2 N–H and O–H groups in total. The van der Waals surface area contributed by atoms with Gasteiger partial charge in [0.15, 0.2) is 5.11 Å². The van der Waals surface area contributed by atoms with Gasteiger partial charge in [0.1, 0.15) is 5.82 Å². The number of anilines is 1. The smallest absolute Gasteiger partial charge is 0.271 e. The molecule has 0 aromatic heterocycles. The Morgan fingerprint density at radius 2 is 2.19 bits per heavy atom. The number of non-ortho nitro benzene ring substituents is 1. The Hall–Kier alpha value is -1.76. The summed E-state index contributed by atoms with van der Waals surface area (Å²) in [7, 11) is 0. The fourth-order valence-electron chi connectivity index (χ4n) is 3.47. The van der Waals surface area contributed by atoms with Gasteiger partial charge in [-0.3, -0.25) is 10.1 Å². The van der Waals surface area contributed by atoms with Crippen LogP contribution < -0.4 is 10.6 Å². The van der Waals surface area contributed by atoms with Gasteiger partial charge in [0.05, 0.1) is 10.6 Å². The summed E-state index contributed by atoms with van der Waals surface area (Å²) in [6, 6.07) is 3.70. The fraction of sp³-hybridized carbons (Fsp3) is 0.500. The van der Waals surface area contributed by atoms with Crippen LogP contribution in [0.3, 0.4) is 0 Å². The summed E-state index contributed by atoms with van der Waals surface area (Å²) in [5.41, 5.74) is -0.133. The molecule has 0 unspecified atom stereocenters. The van der Waals surface area contributed by atoms with Gasteiger partial charge >= 0.3 is 0 Å². The van der Waals surface area contributed by atoms with E-state index in [1.807, 2.05) is 0 Å². The molecule has 112 valence electrons. The second kappa shape index (κ2) is 5.55. The van der Waals surface area contributed by atoms with E-state index in [0.29, 0.717) is 17.1 Å². The highest BCUT2D eigenvalue weighted by Crippen LogP contribution is 2.44. The second-order valence-corrected chi connectivity index (χ2v) is 6.21. The van der Waals surface area contributed by atoms with Gasteiger partial charge in [0.2, 0.25) is 0 Å². The van der Waals surface area contributed by atoms with E-state index in [9.17, 15) is 14.5 Å². The van der Waals surface area contributed by atoms with Crippen LogP contribution in [0.25, 0.3) is 0 Å². The van der Waals surface area contributed by atoms with Crippen LogP contribution in [0, 0.1) is 27.8 Å². The van der Waals surface area contributed by atoms with Crippen LogP contribution in [-0.2, 0) is 0 Å². The molecule has 7 heteroatoms. The summed E-state index contributed by atoms with van der Waals surface area (Å²) in [6.45, 7) is 0. The molecular weight excluding hydrogens is 293 g/mol. The predicted molar refractivity (Wildman–Crippen MR) is 81.6 cm³/mol. The Bertz CT molecular complexity index is 596. The summed E-state index contributed by atoms with van der Waals surface area (Å²) in [4.78, 5) is 10.2. The van der Waals surface area contributed by atoms with Gasteiger partial charge in [-0.25, -0.2) is 4.39 Å². The summed E-state index contributed by atoms with van der Waals surface area (Å²) >= 11 is 5.20. The van der Waals surface area contributed by atoms with Crippen molar-refractivity contribution >= 4 is 28.7 Å². The molecule has 0 spiro atoms. The molecule has 0 radical (unpaired) electrons. The highest BCUT2D eigenvalue weighted by atomic mass is 32.1. The average molecular weight is 309 g/mol. The van der Waals surface area contributed by atoms with E-state index in [0.717, 1.165) is 30.5 Å². The van der Waals surface area contributed by atoms with E-state index in [1.165, 1.54) is 19.3 Å². The molecule has 21 heavy (non-hydrogen) atoms. The minimum absolute atomic E-state index is 0.0323. The lowest BCUT2D eigenvalue weighted by Gasteiger charge is -2.24. The quantitative estimate of drug-likeness (QED) is 0.510. The van der Waals surface area contributed by atoms with Crippen molar-refractivity contribution in [1.29, 1.82) is 0 Å². The number of nitrogens with zero attached hydrogens (tertiary/aromatic N) is 1. The van der Waals surface area contributed by atoms with Gasteiger partial charge in [0, 0.05) is 18.2 Å². The van der Waals surface area contributed by atoms with Gasteiger partial charge in [-0.2, -0.15) is 0 Å². The first kappa shape index (κ1) is 14.2. The molecule has 2 aliphatic carbocycles. The standard InChI is InChI=1S/C14H16FN3O2S/c15-11-4-3-10(18(19)20)7-13(11)17-14(21)16-12-6-8-1-2-9(12)5-8/h3-4,7-9,12H,1-2,5-6H2,(H2,16,17,21)/t8-,9+,12-/m1/s1. The maximum atomic E-state index is 13.7. The zero-order valence-electron chi connectivity index (χ0n) is 11.3. The summed E-state index contributed by atoms with van der Waals surface area (Å²) in [5, 5.41) is 17.0. The molecule has 1 aromatic rings. The normalized spacial score (nSPS) is 26.6. The zero-order chi connectivity index (χ0) is 15.0. The number of hydrogen-bond donors (Lipinski definition) is 2. The van der Waals surface area contributed by atoms with E-state index in [2.05, 4.69) is 10.6 Å². The molecule has 0 amide bonds. The highest BCUT2D eigenvalue weighted by molar-refractivity contribution is 7.80. The molecule has 2 aliphatic rings. The largest absolute Gasteiger partial charge is 0.359 e. The summed E-state index contributed by atoms with van der Waals surface area (Å²) in [6.07, 6.45) is 4.86. The molecule has 2 saturated carbocycles. The van der Waals surface area contributed by atoms with Gasteiger partial charge in [-0.15, -0.1) is 0 Å². The Balaban J connectivity index is 1.64. The molecule has 2 bridgehead atoms. The van der Waals surface area contributed by atoms with Gasteiger partial charge < -0.3 is 10.6 Å². The van der Waals surface area contributed by atoms with Crippen molar-refractivity contribution in [2.75, 3.05) is 5.32 Å².